The number of nitrogens with two attached hydrogens (primary N) is 1. The van der Waals surface area contributed by atoms with Crippen molar-refractivity contribution in [3.63, 3.8) is 0 Å². The van der Waals surface area contributed by atoms with E-state index >= 15 is 0 Å². The summed E-state index contributed by atoms with van der Waals surface area (Å²) in [7, 11) is 0. The summed E-state index contributed by atoms with van der Waals surface area (Å²) < 4.78 is 5.17. The summed E-state index contributed by atoms with van der Waals surface area (Å²) in [5.41, 5.74) is 7.41. The first-order valence-corrected chi connectivity index (χ1v) is 8.90. The van der Waals surface area contributed by atoms with Crippen LogP contribution in [0.5, 0.6) is 0 Å². The van der Waals surface area contributed by atoms with Gasteiger partial charge in [-0.2, -0.15) is 0 Å². The van der Waals surface area contributed by atoms with E-state index in [1.165, 1.54) is 11.3 Å². The molecule has 0 spiro atoms. The van der Waals surface area contributed by atoms with Crippen molar-refractivity contribution in [3.8, 4) is 10.6 Å². The number of thiophene rings is 1. The van der Waals surface area contributed by atoms with Gasteiger partial charge in [-0.05, 0) is 34.6 Å². The van der Waals surface area contributed by atoms with Gasteiger partial charge in [0.2, 0.25) is 5.88 Å². The molecule has 0 unspecified atom stereocenters. The minimum absolute atomic E-state index is 0.00527. The molecular weight excluding hydrogens is 350 g/mol. The minimum atomic E-state index is -0.715. The number of amides is 2. The predicted molar refractivity (Wildman–Crippen MR) is 101 cm³/mol. The van der Waals surface area contributed by atoms with Crippen LogP contribution >= 0.6 is 11.3 Å². The Kier molecular flexibility index (Phi) is 4.65. The third-order valence-electron chi connectivity index (χ3n) is 3.93. The Morgan fingerprint density at radius 1 is 1.15 bits per heavy atom. The summed E-state index contributed by atoms with van der Waals surface area (Å²) in [6.45, 7) is 6.30. The molecule has 0 aliphatic heterocycles. The lowest BCUT2D eigenvalue weighted by Crippen LogP contribution is -2.18. The zero-order valence-corrected chi connectivity index (χ0v) is 15.5. The lowest BCUT2D eigenvalue weighted by molar-refractivity contribution is 0.100. The number of hydrogen-bond donors (Lipinski definition) is 2. The second-order valence-corrected chi connectivity index (χ2v) is 7.81. The first kappa shape index (κ1) is 17.9. The molecule has 26 heavy (non-hydrogen) atoms. The van der Waals surface area contributed by atoms with Gasteiger partial charge in [0.05, 0.1) is 4.88 Å². The number of carbonyl (C=O) groups is 2. The molecule has 0 bridgehead atoms. The third kappa shape index (κ3) is 3.52. The van der Waals surface area contributed by atoms with E-state index < -0.39 is 11.8 Å². The van der Waals surface area contributed by atoms with Crippen molar-refractivity contribution in [3.05, 3.63) is 58.5 Å². The van der Waals surface area contributed by atoms with Crippen LogP contribution < -0.4 is 11.1 Å². The molecule has 2 aromatic heterocycles. The second-order valence-electron chi connectivity index (χ2n) is 6.86. The predicted octanol–water partition coefficient (Wildman–Crippen LogP) is 4.05. The van der Waals surface area contributed by atoms with Crippen LogP contribution in [0.2, 0.25) is 0 Å². The highest BCUT2D eigenvalue weighted by molar-refractivity contribution is 7.13. The molecule has 2 amide bonds. The molecule has 0 fully saturated rings. The largest absolute Gasteiger partial charge is 0.365 e. The lowest BCUT2D eigenvalue weighted by Gasteiger charge is -2.18. The fourth-order valence-corrected chi connectivity index (χ4v) is 3.19. The molecule has 0 aliphatic carbocycles. The Morgan fingerprint density at radius 3 is 2.38 bits per heavy atom. The SMILES string of the molecule is CC(C)(C)c1ccc(C(=O)Nc2onc(-c3cccs3)c2C(N)=O)cc1. The number of hydrogen-bond acceptors (Lipinski definition) is 5. The average molecular weight is 369 g/mol. The second kappa shape index (κ2) is 6.76. The first-order valence-electron chi connectivity index (χ1n) is 8.02. The van der Waals surface area contributed by atoms with E-state index in [9.17, 15) is 9.59 Å². The van der Waals surface area contributed by atoms with E-state index in [2.05, 4.69) is 31.2 Å². The standard InChI is InChI=1S/C19H19N3O3S/c1-19(2,3)12-8-6-11(7-9-12)17(24)21-18-14(16(20)23)15(22-25-18)13-5-4-10-26-13/h4-10H,1-3H3,(H2,20,23)(H,21,24). The quantitative estimate of drug-likeness (QED) is 0.725. The van der Waals surface area contributed by atoms with Gasteiger partial charge in [-0.1, -0.05) is 44.1 Å². The number of anilines is 1. The maximum atomic E-state index is 12.5. The Morgan fingerprint density at radius 2 is 1.85 bits per heavy atom. The van der Waals surface area contributed by atoms with Gasteiger partial charge >= 0.3 is 0 Å². The van der Waals surface area contributed by atoms with Crippen LogP contribution in [-0.4, -0.2) is 17.0 Å². The molecule has 7 heteroatoms. The van der Waals surface area contributed by atoms with Crippen molar-refractivity contribution in [2.45, 2.75) is 26.2 Å². The maximum absolute atomic E-state index is 12.5. The van der Waals surface area contributed by atoms with Crippen molar-refractivity contribution in [2.24, 2.45) is 5.73 Å². The Labute approximate surface area is 155 Å². The van der Waals surface area contributed by atoms with Gasteiger partial charge in [-0.3, -0.25) is 14.9 Å². The molecule has 0 saturated carbocycles. The molecule has 1 aromatic carbocycles. The molecule has 6 nitrogen and oxygen atoms in total. The number of nitrogens with zero attached hydrogens (tertiary/aromatic N) is 1. The maximum Gasteiger partial charge on any atom is 0.258 e. The number of primary amides is 1. The lowest BCUT2D eigenvalue weighted by atomic mass is 9.87. The summed E-state index contributed by atoms with van der Waals surface area (Å²) in [5, 5.41) is 8.33. The normalized spacial score (nSPS) is 11.3. The number of benzene rings is 1. The molecule has 0 aliphatic rings. The van der Waals surface area contributed by atoms with Crippen LogP contribution in [0.4, 0.5) is 5.88 Å². The minimum Gasteiger partial charge on any atom is -0.365 e. The topological polar surface area (TPSA) is 98.2 Å². The number of nitrogens with one attached hydrogen (secondary N) is 1. The van der Waals surface area contributed by atoms with Crippen LogP contribution in [0, 0.1) is 0 Å². The van der Waals surface area contributed by atoms with Gasteiger partial charge in [0.25, 0.3) is 11.8 Å². The van der Waals surface area contributed by atoms with Gasteiger partial charge in [-0.15, -0.1) is 11.3 Å². The van der Waals surface area contributed by atoms with Crippen LogP contribution in [0.3, 0.4) is 0 Å². The van der Waals surface area contributed by atoms with Crippen molar-refractivity contribution in [2.75, 3.05) is 5.32 Å². The van der Waals surface area contributed by atoms with E-state index in [0.29, 0.717) is 11.3 Å². The van der Waals surface area contributed by atoms with Crippen LogP contribution in [-0.2, 0) is 5.41 Å². The summed E-state index contributed by atoms with van der Waals surface area (Å²) in [4.78, 5) is 25.1. The van der Waals surface area contributed by atoms with Gasteiger partial charge in [0, 0.05) is 5.56 Å². The molecule has 0 atom stereocenters. The first-order chi connectivity index (χ1) is 12.3. The number of carbonyl (C=O) groups excluding carboxylic acids is 2. The average Bonchev–Trinajstić information content (AvgIpc) is 3.23. The van der Waals surface area contributed by atoms with Crippen molar-refractivity contribution in [1.82, 2.24) is 5.16 Å². The van der Waals surface area contributed by atoms with E-state index in [1.807, 2.05) is 23.6 Å². The highest BCUT2D eigenvalue weighted by Gasteiger charge is 2.24. The summed E-state index contributed by atoms with van der Waals surface area (Å²) in [6.07, 6.45) is 0. The molecule has 0 radical (unpaired) electrons. The molecule has 3 rings (SSSR count). The van der Waals surface area contributed by atoms with E-state index in [1.54, 1.807) is 18.2 Å². The van der Waals surface area contributed by atoms with Gasteiger partial charge in [0.1, 0.15) is 11.3 Å². The summed E-state index contributed by atoms with van der Waals surface area (Å²) >= 11 is 1.40. The van der Waals surface area contributed by atoms with Crippen LogP contribution in [0.1, 0.15) is 47.1 Å². The molecule has 134 valence electrons. The zero-order valence-electron chi connectivity index (χ0n) is 14.7. The fourth-order valence-electron chi connectivity index (χ4n) is 2.48. The van der Waals surface area contributed by atoms with Crippen molar-refractivity contribution < 1.29 is 14.1 Å². The van der Waals surface area contributed by atoms with Crippen molar-refractivity contribution in [1.29, 1.82) is 0 Å². The molecule has 3 aromatic rings. The van der Waals surface area contributed by atoms with E-state index in [0.717, 1.165) is 10.4 Å². The monoisotopic (exact) mass is 369 g/mol. The Bertz CT molecular complexity index is 936. The smallest absolute Gasteiger partial charge is 0.258 e. The van der Waals surface area contributed by atoms with Gasteiger partial charge < -0.3 is 10.3 Å². The summed E-state index contributed by atoms with van der Waals surface area (Å²) in [6, 6.07) is 10.9. The molecule has 3 N–H and O–H groups in total. The van der Waals surface area contributed by atoms with E-state index in [-0.39, 0.29) is 16.9 Å². The number of rotatable bonds is 4. The fraction of sp³-hybridized carbons (Fsp3) is 0.211. The number of aromatic nitrogens is 1. The van der Waals surface area contributed by atoms with Crippen LogP contribution in [0.25, 0.3) is 10.6 Å². The third-order valence-corrected chi connectivity index (χ3v) is 4.81. The molecule has 2 heterocycles. The Balaban J connectivity index is 1.87. The van der Waals surface area contributed by atoms with Crippen molar-refractivity contribution >= 4 is 29.0 Å². The molecular formula is C19H19N3O3S. The molecule has 0 saturated heterocycles. The van der Waals surface area contributed by atoms with Gasteiger partial charge in [0.15, 0.2) is 0 Å². The summed E-state index contributed by atoms with van der Waals surface area (Å²) in [5.74, 6) is -1.17. The Hall–Kier alpha value is -2.93. The van der Waals surface area contributed by atoms with Crippen LogP contribution in [0.15, 0.2) is 46.3 Å². The highest BCUT2D eigenvalue weighted by atomic mass is 32.1. The highest BCUT2D eigenvalue weighted by Crippen LogP contribution is 2.31. The zero-order chi connectivity index (χ0) is 18.9. The van der Waals surface area contributed by atoms with Gasteiger partial charge in [-0.25, -0.2) is 0 Å². The van der Waals surface area contributed by atoms with E-state index in [4.69, 9.17) is 10.3 Å².